The summed E-state index contributed by atoms with van der Waals surface area (Å²) in [6, 6.07) is 22.1. The van der Waals surface area contributed by atoms with Crippen LogP contribution in [0, 0.1) is 19.8 Å². The molecule has 0 aliphatic carbocycles. The Balaban J connectivity index is 1.68. The number of para-hydroxylation sites is 1. The van der Waals surface area contributed by atoms with E-state index in [1.165, 1.54) is 0 Å². The minimum absolute atomic E-state index is 0.0187. The number of rotatable bonds is 19. The van der Waals surface area contributed by atoms with Gasteiger partial charge in [0.15, 0.2) is 6.61 Å². The van der Waals surface area contributed by atoms with Crippen molar-refractivity contribution in [3.63, 3.8) is 0 Å². The molecular weight excluding hydrogens is 683 g/mol. The molecule has 12 nitrogen and oxygen atoms in total. The lowest BCUT2D eigenvalue weighted by Gasteiger charge is -2.37. The number of benzene rings is 3. The Morgan fingerprint density at radius 3 is 2.12 bits per heavy atom. The quantitative estimate of drug-likeness (QED) is 0.118. The average Bonchev–Trinajstić information content (AvgIpc) is 3.09. The number of phosphoric ester groups is 1. The van der Waals surface area contributed by atoms with Crippen LogP contribution in [0.4, 0.5) is 4.79 Å². The van der Waals surface area contributed by atoms with Crippen LogP contribution in [0.25, 0.3) is 0 Å². The number of nitrogens with zero attached hydrogens (tertiary/aromatic N) is 1. The van der Waals surface area contributed by atoms with E-state index in [4.69, 9.17) is 13.8 Å². The van der Waals surface area contributed by atoms with E-state index in [1.54, 1.807) is 11.8 Å². The van der Waals surface area contributed by atoms with E-state index in [9.17, 15) is 23.8 Å². The van der Waals surface area contributed by atoms with Crippen molar-refractivity contribution in [3.8, 4) is 5.75 Å². The van der Waals surface area contributed by atoms with E-state index in [1.807, 2.05) is 107 Å². The summed E-state index contributed by atoms with van der Waals surface area (Å²) in [6.07, 6.45) is 0.196. The van der Waals surface area contributed by atoms with Crippen LogP contribution in [0.15, 0.2) is 78.9 Å². The van der Waals surface area contributed by atoms with Crippen LogP contribution in [-0.4, -0.2) is 78.2 Å². The second kappa shape index (κ2) is 19.6. The van der Waals surface area contributed by atoms with Gasteiger partial charge in [-0.25, -0.2) is 9.36 Å². The molecule has 1 unspecified atom stereocenters. The number of amides is 4. The van der Waals surface area contributed by atoms with Gasteiger partial charge >= 0.3 is 13.9 Å². The van der Waals surface area contributed by atoms with Crippen LogP contribution in [-0.2, 0) is 36.0 Å². The first-order valence-electron chi connectivity index (χ1n) is 17.9. The topological polar surface area (TPSA) is 156 Å². The molecule has 4 N–H and O–H groups in total. The molecule has 1 aliphatic rings. The highest BCUT2D eigenvalue weighted by molar-refractivity contribution is 7.47. The van der Waals surface area contributed by atoms with Crippen molar-refractivity contribution in [3.05, 3.63) is 101 Å². The van der Waals surface area contributed by atoms with E-state index in [2.05, 4.69) is 16.0 Å². The van der Waals surface area contributed by atoms with Crippen LogP contribution in [0.3, 0.4) is 0 Å². The van der Waals surface area contributed by atoms with Crippen molar-refractivity contribution in [2.45, 2.75) is 84.5 Å². The Bertz CT molecular complexity index is 1640. The van der Waals surface area contributed by atoms with Crippen LogP contribution in [0.5, 0.6) is 5.75 Å². The molecule has 0 bridgehead atoms. The van der Waals surface area contributed by atoms with Gasteiger partial charge in [0.05, 0.1) is 18.8 Å². The molecule has 4 amide bonds. The van der Waals surface area contributed by atoms with Crippen molar-refractivity contribution in [2.24, 2.45) is 5.92 Å². The largest absolute Gasteiger partial charge is 0.483 e. The molecule has 1 heterocycles. The SMILES string of the molecule is CCOP(=O)(O)O[C@@H](C[C@@H](Cc1ccccc1)NC(=O)[C@H](C(C)C)N1CCCNC1=O)[C@H](Cc1ccccc1)NC(=O)COc1c(C)cccc1C. The van der Waals surface area contributed by atoms with E-state index in [0.717, 1.165) is 22.3 Å². The maximum Gasteiger partial charge on any atom is 0.472 e. The van der Waals surface area contributed by atoms with Crippen LogP contribution >= 0.6 is 7.82 Å². The van der Waals surface area contributed by atoms with Crippen molar-refractivity contribution in [1.29, 1.82) is 0 Å². The fourth-order valence-electron chi connectivity index (χ4n) is 6.58. The number of urea groups is 1. The Hall–Kier alpha value is -4.22. The minimum Gasteiger partial charge on any atom is -0.483 e. The molecule has 282 valence electrons. The van der Waals surface area contributed by atoms with E-state index < -0.39 is 38.0 Å². The van der Waals surface area contributed by atoms with Gasteiger partial charge < -0.3 is 30.5 Å². The molecule has 4 rings (SSSR count). The molecule has 3 aromatic carbocycles. The highest BCUT2D eigenvalue weighted by Crippen LogP contribution is 2.46. The molecular formula is C39H53N4O8P. The van der Waals surface area contributed by atoms with Gasteiger partial charge in [0.25, 0.3) is 5.91 Å². The minimum atomic E-state index is -4.62. The Morgan fingerprint density at radius 2 is 1.54 bits per heavy atom. The first kappa shape index (κ1) is 40.5. The van der Waals surface area contributed by atoms with Gasteiger partial charge in [-0.2, -0.15) is 0 Å². The van der Waals surface area contributed by atoms with E-state index >= 15 is 0 Å². The lowest BCUT2D eigenvalue weighted by molar-refractivity contribution is -0.128. The number of carbonyl (C=O) groups excluding carboxylic acids is 3. The fraction of sp³-hybridized carbons (Fsp3) is 0.462. The normalized spacial score (nSPS) is 16.6. The zero-order chi connectivity index (χ0) is 37.7. The first-order chi connectivity index (χ1) is 24.9. The lowest BCUT2D eigenvalue weighted by atomic mass is 9.92. The molecule has 1 saturated heterocycles. The van der Waals surface area contributed by atoms with Gasteiger partial charge in [-0.1, -0.05) is 92.7 Å². The molecule has 5 atom stereocenters. The highest BCUT2D eigenvalue weighted by atomic mass is 31.2. The smallest absolute Gasteiger partial charge is 0.472 e. The monoisotopic (exact) mass is 736 g/mol. The van der Waals surface area contributed by atoms with Crippen molar-refractivity contribution in [1.82, 2.24) is 20.9 Å². The third-order valence-electron chi connectivity index (χ3n) is 8.95. The predicted molar refractivity (Wildman–Crippen MR) is 200 cm³/mol. The van der Waals surface area contributed by atoms with Gasteiger partial charge in [-0.05, 0) is 74.6 Å². The van der Waals surface area contributed by atoms with Crippen LogP contribution in [0.1, 0.15) is 55.9 Å². The Labute approximate surface area is 307 Å². The Kier molecular flexibility index (Phi) is 15.3. The summed E-state index contributed by atoms with van der Waals surface area (Å²) in [6.45, 7) is 9.76. The summed E-state index contributed by atoms with van der Waals surface area (Å²) in [5.41, 5.74) is 3.52. The molecule has 1 fully saturated rings. The van der Waals surface area contributed by atoms with Gasteiger partial charge in [0.1, 0.15) is 11.8 Å². The molecule has 13 heteroatoms. The molecule has 52 heavy (non-hydrogen) atoms. The van der Waals surface area contributed by atoms with Gasteiger partial charge in [0, 0.05) is 19.1 Å². The summed E-state index contributed by atoms with van der Waals surface area (Å²) >= 11 is 0. The number of nitrogens with one attached hydrogen (secondary N) is 3. The summed E-state index contributed by atoms with van der Waals surface area (Å²) in [5, 5.41) is 9.00. The van der Waals surface area contributed by atoms with Gasteiger partial charge in [-0.3, -0.25) is 18.6 Å². The number of ether oxygens (including phenoxy) is 1. The third kappa shape index (κ3) is 12.2. The second-order valence-electron chi connectivity index (χ2n) is 13.5. The van der Waals surface area contributed by atoms with Crippen molar-refractivity contribution < 1.29 is 37.6 Å². The van der Waals surface area contributed by atoms with Crippen molar-refractivity contribution in [2.75, 3.05) is 26.3 Å². The molecule has 0 saturated carbocycles. The number of hydrogen-bond donors (Lipinski definition) is 4. The number of carbonyl (C=O) groups is 3. The highest BCUT2D eigenvalue weighted by Gasteiger charge is 2.38. The fourth-order valence-corrected chi connectivity index (χ4v) is 7.54. The zero-order valence-electron chi connectivity index (χ0n) is 30.7. The predicted octanol–water partition coefficient (Wildman–Crippen LogP) is 5.49. The van der Waals surface area contributed by atoms with E-state index in [0.29, 0.717) is 31.7 Å². The summed E-state index contributed by atoms with van der Waals surface area (Å²) in [5.74, 6) is -0.407. The molecule has 0 spiro atoms. The third-order valence-corrected chi connectivity index (χ3v) is 10.1. The van der Waals surface area contributed by atoms with Gasteiger partial charge in [0.2, 0.25) is 5.91 Å². The summed E-state index contributed by atoms with van der Waals surface area (Å²) in [4.78, 5) is 53.0. The number of aryl methyl sites for hydroxylation is 2. The summed E-state index contributed by atoms with van der Waals surface area (Å²) < 4.78 is 30.3. The maximum absolute atomic E-state index is 14.1. The Morgan fingerprint density at radius 1 is 0.923 bits per heavy atom. The average molecular weight is 737 g/mol. The lowest BCUT2D eigenvalue weighted by Crippen LogP contribution is -2.59. The van der Waals surface area contributed by atoms with E-state index in [-0.39, 0.29) is 43.9 Å². The van der Waals surface area contributed by atoms with Gasteiger partial charge in [-0.15, -0.1) is 0 Å². The molecule has 3 aromatic rings. The number of hydrogen-bond acceptors (Lipinski definition) is 7. The summed E-state index contributed by atoms with van der Waals surface area (Å²) in [7, 11) is -4.62. The first-order valence-corrected chi connectivity index (χ1v) is 19.4. The zero-order valence-corrected chi connectivity index (χ0v) is 31.6. The maximum atomic E-state index is 14.1. The van der Waals surface area contributed by atoms with Crippen molar-refractivity contribution >= 4 is 25.7 Å². The van der Waals surface area contributed by atoms with Crippen LogP contribution < -0.4 is 20.7 Å². The number of phosphoric acid groups is 1. The molecule has 0 radical (unpaired) electrons. The standard InChI is InChI=1S/C39H53N4O8P/c1-6-50-52(47,48)51-34(33(24-31-19-11-8-12-20-31)42-35(44)26-49-37-28(4)15-13-16-29(37)5)25-32(23-30-17-9-7-10-18-30)41-38(45)36(27(2)3)43-22-14-21-40-39(43)46/h7-13,15-20,27,32-34,36H,6,14,21-26H2,1-5H3,(H,40,46)(H,41,45)(H,42,44)(H,47,48)/t32-,33+,34+,36+/m1/s1. The molecule has 0 aromatic heterocycles. The molecule has 1 aliphatic heterocycles. The van der Waals surface area contributed by atoms with Crippen LogP contribution in [0.2, 0.25) is 0 Å². The second-order valence-corrected chi connectivity index (χ2v) is 14.9.